The van der Waals surface area contributed by atoms with Crippen LogP contribution < -0.4 is 5.32 Å². The van der Waals surface area contributed by atoms with E-state index in [1.54, 1.807) is 0 Å². The molecule has 1 saturated carbocycles. The molecule has 0 spiro atoms. The van der Waals surface area contributed by atoms with Crippen molar-refractivity contribution in [1.29, 1.82) is 0 Å². The van der Waals surface area contributed by atoms with Crippen molar-refractivity contribution in [1.82, 2.24) is 14.8 Å². The third-order valence-electron chi connectivity index (χ3n) is 7.84. The van der Waals surface area contributed by atoms with E-state index in [1.807, 2.05) is 0 Å². The summed E-state index contributed by atoms with van der Waals surface area (Å²) in [6.45, 7) is 7.43. The normalized spacial score (nSPS) is 27.7. The van der Waals surface area contributed by atoms with E-state index in [2.05, 4.69) is 53.0 Å². The van der Waals surface area contributed by atoms with E-state index in [0.717, 1.165) is 45.3 Å². The number of likely N-dealkylation sites (tertiary alicyclic amines) is 1. The summed E-state index contributed by atoms with van der Waals surface area (Å²) >= 11 is 0. The van der Waals surface area contributed by atoms with Gasteiger partial charge in [0.15, 0.2) is 0 Å². The van der Waals surface area contributed by atoms with Gasteiger partial charge in [0, 0.05) is 48.2 Å². The van der Waals surface area contributed by atoms with Gasteiger partial charge in [0.2, 0.25) is 5.91 Å². The summed E-state index contributed by atoms with van der Waals surface area (Å²) in [6.07, 6.45) is 10.7. The van der Waals surface area contributed by atoms with Gasteiger partial charge >= 0.3 is 0 Å². The number of benzene rings is 1. The van der Waals surface area contributed by atoms with Gasteiger partial charge in [-0.15, -0.1) is 0 Å². The first-order valence-corrected chi connectivity index (χ1v) is 11.8. The molecule has 1 N–H and O–H groups in total. The van der Waals surface area contributed by atoms with Crippen molar-refractivity contribution in [3.05, 3.63) is 35.5 Å². The van der Waals surface area contributed by atoms with Crippen LogP contribution in [0.1, 0.15) is 69.4 Å². The van der Waals surface area contributed by atoms with Gasteiger partial charge < -0.3 is 9.88 Å². The second kappa shape index (κ2) is 7.79. The van der Waals surface area contributed by atoms with E-state index in [4.69, 9.17) is 0 Å². The monoisotopic (exact) mass is 393 g/mol. The van der Waals surface area contributed by atoms with Gasteiger partial charge in [-0.2, -0.15) is 0 Å². The molecule has 2 aliphatic carbocycles. The molecule has 3 atom stereocenters. The molecular formula is C25H35N3O. The maximum atomic E-state index is 13.2. The van der Waals surface area contributed by atoms with Crippen molar-refractivity contribution < 1.29 is 4.79 Å². The number of nitrogens with one attached hydrogen (secondary N) is 1. The van der Waals surface area contributed by atoms with Crippen LogP contribution in [-0.2, 0) is 17.8 Å². The van der Waals surface area contributed by atoms with Crippen molar-refractivity contribution >= 4 is 16.8 Å². The van der Waals surface area contributed by atoms with E-state index >= 15 is 0 Å². The first-order valence-electron chi connectivity index (χ1n) is 11.8. The number of carbonyl (C=O) groups excluding carboxylic acids is 1. The standard InChI is InChI=1S/C25H35N3O/c1-3-27-15-17-14-23-21(20-11-8-12-22(27)24(17)20)13-18(16-28(23)4-2)25(29)26-19-9-6-5-7-10-19/h8,11-12,15,18-19,21,23H,3-7,9-10,13-14,16H2,1-2H3,(H,26,29)/t18-,21?,23-/m1/s1. The number of nitrogens with zero attached hydrogens (tertiary/aromatic N) is 2. The van der Waals surface area contributed by atoms with Crippen LogP contribution in [0, 0.1) is 5.92 Å². The van der Waals surface area contributed by atoms with Crippen molar-refractivity contribution in [3.63, 3.8) is 0 Å². The number of fused-ring (bicyclic) bond motifs is 2. The molecule has 4 nitrogen and oxygen atoms in total. The average molecular weight is 394 g/mol. The predicted molar refractivity (Wildman–Crippen MR) is 118 cm³/mol. The molecule has 1 amide bonds. The van der Waals surface area contributed by atoms with Crippen molar-refractivity contribution in [3.8, 4) is 0 Å². The Labute approximate surface area is 174 Å². The van der Waals surface area contributed by atoms with Crippen LogP contribution in [0.15, 0.2) is 24.4 Å². The summed E-state index contributed by atoms with van der Waals surface area (Å²) in [6, 6.07) is 7.75. The first-order chi connectivity index (χ1) is 14.2. The van der Waals surface area contributed by atoms with E-state index in [1.165, 1.54) is 41.3 Å². The molecule has 2 aromatic rings. The minimum atomic E-state index is 0.114. The highest BCUT2D eigenvalue weighted by Gasteiger charge is 2.42. The predicted octanol–water partition coefficient (Wildman–Crippen LogP) is 4.46. The highest BCUT2D eigenvalue weighted by molar-refractivity contribution is 5.89. The second-order valence-corrected chi connectivity index (χ2v) is 9.42. The van der Waals surface area contributed by atoms with Gasteiger partial charge in [-0.3, -0.25) is 9.69 Å². The molecule has 1 aliphatic heterocycles. The van der Waals surface area contributed by atoms with Crippen molar-refractivity contribution in [2.45, 2.75) is 83.3 Å². The minimum absolute atomic E-state index is 0.114. The van der Waals surface area contributed by atoms with Crippen LogP contribution in [0.4, 0.5) is 0 Å². The Kier molecular flexibility index (Phi) is 5.15. The second-order valence-electron chi connectivity index (χ2n) is 9.42. The molecule has 1 saturated heterocycles. The molecule has 1 aromatic heterocycles. The summed E-state index contributed by atoms with van der Waals surface area (Å²) in [5.41, 5.74) is 4.35. The van der Waals surface area contributed by atoms with Crippen LogP contribution in [0.2, 0.25) is 0 Å². The largest absolute Gasteiger partial charge is 0.353 e. The van der Waals surface area contributed by atoms with Gasteiger partial charge in [-0.05, 0) is 56.3 Å². The van der Waals surface area contributed by atoms with Gasteiger partial charge in [-0.1, -0.05) is 38.3 Å². The fraction of sp³-hybridized carbons (Fsp3) is 0.640. The van der Waals surface area contributed by atoms with E-state index in [9.17, 15) is 4.79 Å². The van der Waals surface area contributed by atoms with Gasteiger partial charge in [-0.25, -0.2) is 0 Å². The van der Waals surface area contributed by atoms with Crippen molar-refractivity contribution in [2.75, 3.05) is 13.1 Å². The molecule has 3 aliphatic rings. The van der Waals surface area contributed by atoms with E-state index in [0.29, 0.717) is 23.9 Å². The third kappa shape index (κ3) is 3.30. The number of likely N-dealkylation sites (N-methyl/N-ethyl adjacent to an activating group) is 1. The summed E-state index contributed by atoms with van der Waals surface area (Å²) in [7, 11) is 0. The molecule has 4 heteroatoms. The summed E-state index contributed by atoms with van der Waals surface area (Å²) in [5, 5.41) is 4.89. The molecule has 2 heterocycles. The SMILES string of the molecule is CCN1C[C@H](C(=O)NC2CCCCC2)CC2c3cccc4c3c(cn4CC)C[C@H]21. The number of aryl methyl sites for hydroxylation is 1. The zero-order valence-corrected chi connectivity index (χ0v) is 18.0. The molecule has 156 valence electrons. The van der Waals surface area contributed by atoms with Crippen LogP contribution in [0.25, 0.3) is 10.9 Å². The Morgan fingerprint density at radius 3 is 2.72 bits per heavy atom. The maximum Gasteiger partial charge on any atom is 0.224 e. The number of hydrogen-bond donors (Lipinski definition) is 1. The topological polar surface area (TPSA) is 37.3 Å². The lowest BCUT2D eigenvalue weighted by molar-refractivity contribution is -0.128. The summed E-state index contributed by atoms with van der Waals surface area (Å²) in [5.74, 6) is 0.885. The Balaban J connectivity index is 1.44. The first kappa shape index (κ1) is 19.2. The quantitative estimate of drug-likeness (QED) is 0.833. The van der Waals surface area contributed by atoms with E-state index in [-0.39, 0.29) is 5.92 Å². The molecule has 5 rings (SSSR count). The molecular weight excluding hydrogens is 358 g/mol. The minimum Gasteiger partial charge on any atom is -0.353 e. The molecule has 1 aromatic carbocycles. The fourth-order valence-corrected chi connectivity index (χ4v) is 6.36. The number of piperidine rings is 1. The number of hydrogen-bond acceptors (Lipinski definition) is 2. The molecule has 0 bridgehead atoms. The molecule has 0 radical (unpaired) electrons. The number of carbonyl (C=O) groups is 1. The van der Waals surface area contributed by atoms with E-state index < -0.39 is 0 Å². The number of amides is 1. The average Bonchev–Trinajstić information content (AvgIpc) is 3.13. The highest BCUT2D eigenvalue weighted by atomic mass is 16.2. The summed E-state index contributed by atoms with van der Waals surface area (Å²) in [4.78, 5) is 15.8. The zero-order chi connectivity index (χ0) is 20.0. The smallest absolute Gasteiger partial charge is 0.224 e. The van der Waals surface area contributed by atoms with Crippen LogP contribution in [0.3, 0.4) is 0 Å². The molecule has 1 unspecified atom stereocenters. The van der Waals surface area contributed by atoms with Gasteiger partial charge in [0.25, 0.3) is 0 Å². The highest BCUT2D eigenvalue weighted by Crippen LogP contribution is 2.45. The number of rotatable bonds is 4. The Bertz CT molecular complexity index is 895. The Hall–Kier alpha value is -1.81. The lowest BCUT2D eigenvalue weighted by Crippen LogP contribution is -2.53. The zero-order valence-electron chi connectivity index (χ0n) is 18.0. The molecule has 2 fully saturated rings. The maximum absolute atomic E-state index is 13.2. The van der Waals surface area contributed by atoms with Crippen LogP contribution in [0.5, 0.6) is 0 Å². The van der Waals surface area contributed by atoms with Crippen LogP contribution in [-0.4, -0.2) is 40.5 Å². The van der Waals surface area contributed by atoms with Gasteiger partial charge in [0.1, 0.15) is 0 Å². The lowest BCUT2D eigenvalue weighted by atomic mass is 9.72. The third-order valence-corrected chi connectivity index (χ3v) is 7.84. The number of aromatic nitrogens is 1. The lowest BCUT2D eigenvalue weighted by Gasteiger charge is -2.46. The summed E-state index contributed by atoms with van der Waals surface area (Å²) < 4.78 is 2.40. The van der Waals surface area contributed by atoms with Crippen LogP contribution >= 0.6 is 0 Å². The fourth-order valence-electron chi connectivity index (χ4n) is 6.36. The molecule has 29 heavy (non-hydrogen) atoms. The van der Waals surface area contributed by atoms with Crippen molar-refractivity contribution in [2.24, 2.45) is 5.92 Å². The Morgan fingerprint density at radius 1 is 1.14 bits per heavy atom. The van der Waals surface area contributed by atoms with Gasteiger partial charge in [0.05, 0.1) is 5.92 Å². The Morgan fingerprint density at radius 2 is 1.97 bits per heavy atom.